The molecule has 6 nitrogen and oxygen atoms in total. The van der Waals surface area contributed by atoms with E-state index in [9.17, 15) is 4.79 Å². The average molecular weight is 257 g/mol. The van der Waals surface area contributed by atoms with Crippen LogP contribution in [0.25, 0.3) is 0 Å². The van der Waals surface area contributed by atoms with Crippen molar-refractivity contribution >= 4 is 11.6 Å². The number of anilines is 1. The molecule has 0 saturated heterocycles. The van der Waals surface area contributed by atoms with E-state index in [0.717, 1.165) is 25.3 Å². The Morgan fingerprint density at radius 2 is 2.26 bits per heavy atom. The number of nitrogens with zero attached hydrogens (tertiary/aromatic N) is 4. The average Bonchev–Trinajstić information content (AvgIpc) is 2.82. The van der Waals surface area contributed by atoms with Crippen LogP contribution in [0.3, 0.4) is 0 Å². The lowest BCUT2D eigenvalue weighted by atomic mass is 10.2. The summed E-state index contributed by atoms with van der Waals surface area (Å²) >= 11 is 0. The molecule has 1 aliphatic rings. The number of nitrogens with one attached hydrogen (secondary N) is 1. The zero-order valence-electron chi connectivity index (χ0n) is 10.7. The second-order valence-corrected chi connectivity index (χ2v) is 4.66. The standard InChI is InChI=1S/C13H15N5O/c1-17-5-6-18-12(9-17)11(8-15-18)13(19)16-10-3-2-4-14-7-10/h2-4,7-8H,5-6,9H2,1H3,(H,16,19). The van der Waals surface area contributed by atoms with Crippen molar-refractivity contribution in [2.24, 2.45) is 0 Å². The number of rotatable bonds is 2. The van der Waals surface area contributed by atoms with E-state index in [4.69, 9.17) is 0 Å². The molecule has 6 heteroatoms. The minimum absolute atomic E-state index is 0.135. The summed E-state index contributed by atoms with van der Waals surface area (Å²) in [6.45, 7) is 2.53. The van der Waals surface area contributed by atoms with Crippen LogP contribution in [0.15, 0.2) is 30.7 Å². The minimum Gasteiger partial charge on any atom is -0.320 e. The van der Waals surface area contributed by atoms with Crippen LogP contribution in [0.4, 0.5) is 5.69 Å². The van der Waals surface area contributed by atoms with Gasteiger partial charge in [-0.15, -0.1) is 0 Å². The Labute approximate surface area is 111 Å². The highest BCUT2D eigenvalue weighted by molar-refractivity contribution is 6.04. The van der Waals surface area contributed by atoms with Crippen molar-refractivity contribution in [3.8, 4) is 0 Å². The molecular formula is C13H15N5O. The first-order valence-electron chi connectivity index (χ1n) is 6.18. The molecule has 0 saturated carbocycles. The van der Waals surface area contributed by atoms with Crippen molar-refractivity contribution in [1.82, 2.24) is 19.7 Å². The molecule has 3 rings (SSSR count). The van der Waals surface area contributed by atoms with Crippen molar-refractivity contribution in [3.63, 3.8) is 0 Å². The number of amides is 1. The predicted octanol–water partition coefficient (Wildman–Crippen LogP) is 0.976. The monoisotopic (exact) mass is 257 g/mol. The molecule has 1 amide bonds. The number of carbonyl (C=O) groups is 1. The predicted molar refractivity (Wildman–Crippen MR) is 70.8 cm³/mol. The van der Waals surface area contributed by atoms with Crippen LogP contribution >= 0.6 is 0 Å². The number of hydrogen-bond acceptors (Lipinski definition) is 4. The Morgan fingerprint density at radius 3 is 3.05 bits per heavy atom. The van der Waals surface area contributed by atoms with E-state index in [-0.39, 0.29) is 5.91 Å². The van der Waals surface area contributed by atoms with Crippen LogP contribution in [0.1, 0.15) is 16.1 Å². The van der Waals surface area contributed by atoms with Crippen LogP contribution in [-0.2, 0) is 13.1 Å². The van der Waals surface area contributed by atoms with Gasteiger partial charge >= 0.3 is 0 Å². The maximum atomic E-state index is 12.2. The van der Waals surface area contributed by atoms with E-state index >= 15 is 0 Å². The highest BCUT2D eigenvalue weighted by atomic mass is 16.1. The quantitative estimate of drug-likeness (QED) is 0.871. The van der Waals surface area contributed by atoms with Crippen molar-refractivity contribution in [2.45, 2.75) is 13.1 Å². The Morgan fingerprint density at radius 1 is 1.37 bits per heavy atom. The minimum atomic E-state index is -0.135. The van der Waals surface area contributed by atoms with E-state index in [0.29, 0.717) is 11.3 Å². The second-order valence-electron chi connectivity index (χ2n) is 4.66. The summed E-state index contributed by atoms with van der Waals surface area (Å²) < 4.78 is 1.90. The molecular weight excluding hydrogens is 242 g/mol. The molecule has 0 atom stereocenters. The summed E-state index contributed by atoms with van der Waals surface area (Å²) in [7, 11) is 2.04. The third kappa shape index (κ3) is 2.34. The van der Waals surface area contributed by atoms with E-state index in [1.54, 1.807) is 24.7 Å². The highest BCUT2D eigenvalue weighted by Gasteiger charge is 2.22. The third-order valence-electron chi connectivity index (χ3n) is 3.23. The van der Waals surface area contributed by atoms with Gasteiger partial charge in [0.15, 0.2) is 0 Å². The maximum Gasteiger partial charge on any atom is 0.259 e. The van der Waals surface area contributed by atoms with Gasteiger partial charge in [0.25, 0.3) is 5.91 Å². The van der Waals surface area contributed by atoms with E-state index in [2.05, 4.69) is 20.3 Å². The SMILES string of the molecule is CN1CCn2ncc(C(=O)Nc3cccnc3)c2C1. The molecule has 0 spiro atoms. The van der Waals surface area contributed by atoms with Gasteiger partial charge in [-0.2, -0.15) is 5.10 Å². The fraction of sp³-hybridized carbons (Fsp3) is 0.308. The van der Waals surface area contributed by atoms with Crippen LogP contribution in [0, 0.1) is 0 Å². The summed E-state index contributed by atoms with van der Waals surface area (Å²) in [6, 6.07) is 3.60. The smallest absolute Gasteiger partial charge is 0.259 e. The highest BCUT2D eigenvalue weighted by Crippen LogP contribution is 2.16. The van der Waals surface area contributed by atoms with Crippen LogP contribution in [0.5, 0.6) is 0 Å². The lowest BCUT2D eigenvalue weighted by Gasteiger charge is -2.24. The first-order chi connectivity index (χ1) is 9.24. The zero-order valence-corrected chi connectivity index (χ0v) is 10.7. The first-order valence-corrected chi connectivity index (χ1v) is 6.18. The number of pyridine rings is 1. The first kappa shape index (κ1) is 11.9. The summed E-state index contributed by atoms with van der Waals surface area (Å²) in [6.07, 6.45) is 4.94. The van der Waals surface area contributed by atoms with Gasteiger partial charge < -0.3 is 5.32 Å². The van der Waals surface area contributed by atoms with Crippen molar-refractivity contribution < 1.29 is 4.79 Å². The van der Waals surface area contributed by atoms with Crippen LogP contribution in [0.2, 0.25) is 0 Å². The van der Waals surface area contributed by atoms with Gasteiger partial charge in [-0.25, -0.2) is 0 Å². The summed E-state index contributed by atoms with van der Waals surface area (Å²) in [4.78, 5) is 18.4. The van der Waals surface area contributed by atoms with Gasteiger partial charge in [0.2, 0.25) is 0 Å². The molecule has 0 bridgehead atoms. The van der Waals surface area contributed by atoms with E-state index < -0.39 is 0 Å². The Hall–Kier alpha value is -2.21. The van der Waals surface area contributed by atoms with E-state index in [1.165, 1.54) is 0 Å². The molecule has 1 N–H and O–H groups in total. The number of carbonyl (C=O) groups excluding carboxylic acids is 1. The van der Waals surface area contributed by atoms with Gasteiger partial charge in [-0.1, -0.05) is 0 Å². The fourth-order valence-electron chi connectivity index (χ4n) is 2.20. The molecule has 0 aliphatic carbocycles. The summed E-state index contributed by atoms with van der Waals surface area (Å²) in [5.74, 6) is -0.135. The molecule has 0 aromatic carbocycles. The van der Waals surface area contributed by atoms with Crippen LogP contribution < -0.4 is 5.32 Å². The van der Waals surface area contributed by atoms with Gasteiger partial charge in [-0.3, -0.25) is 19.4 Å². The van der Waals surface area contributed by atoms with Crippen molar-refractivity contribution in [3.05, 3.63) is 42.0 Å². The molecule has 0 fully saturated rings. The summed E-state index contributed by atoms with van der Waals surface area (Å²) in [5, 5.41) is 7.10. The second kappa shape index (κ2) is 4.81. The maximum absolute atomic E-state index is 12.2. The Bertz CT molecular complexity index is 592. The van der Waals surface area contributed by atoms with Gasteiger partial charge in [0.1, 0.15) is 0 Å². The lowest BCUT2D eigenvalue weighted by molar-refractivity contribution is 0.102. The molecule has 2 aromatic heterocycles. The fourth-order valence-corrected chi connectivity index (χ4v) is 2.20. The molecule has 3 heterocycles. The normalized spacial score (nSPS) is 15.0. The number of aromatic nitrogens is 3. The van der Waals surface area contributed by atoms with Crippen LogP contribution in [-0.4, -0.2) is 39.2 Å². The molecule has 0 unspecified atom stereocenters. The lowest BCUT2D eigenvalue weighted by Crippen LogP contribution is -2.32. The molecule has 1 aliphatic heterocycles. The van der Waals surface area contributed by atoms with E-state index in [1.807, 2.05) is 17.8 Å². The molecule has 0 radical (unpaired) electrons. The van der Waals surface area contributed by atoms with Crippen molar-refractivity contribution in [1.29, 1.82) is 0 Å². The molecule has 98 valence electrons. The number of fused-ring (bicyclic) bond motifs is 1. The molecule has 2 aromatic rings. The molecule has 19 heavy (non-hydrogen) atoms. The topological polar surface area (TPSA) is 63.1 Å². The van der Waals surface area contributed by atoms with Crippen molar-refractivity contribution in [2.75, 3.05) is 18.9 Å². The summed E-state index contributed by atoms with van der Waals surface area (Å²) in [5.41, 5.74) is 2.29. The Kier molecular flexibility index (Phi) is 3.00. The largest absolute Gasteiger partial charge is 0.320 e. The number of likely N-dealkylation sites (N-methyl/N-ethyl adjacent to an activating group) is 1. The zero-order chi connectivity index (χ0) is 13.2. The number of hydrogen-bond donors (Lipinski definition) is 1. The van der Waals surface area contributed by atoms with Gasteiger partial charge in [0, 0.05) is 19.3 Å². The van der Waals surface area contributed by atoms with Gasteiger partial charge in [-0.05, 0) is 19.2 Å². The van der Waals surface area contributed by atoms with Gasteiger partial charge in [0.05, 0.1) is 35.9 Å². The third-order valence-corrected chi connectivity index (χ3v) is 3.23. The Balaban J connectivity index is 1.83.